The Morgan fingerprint density at radius 3 is 2.23 bits per heavy atom. The number of hydrogen-bond acceptors (Lipinski definition) is 4. The number of carboxylic acids is 1. The second-order valence-corrected chi connectivity index (χ2v) is 2.50. The van der Waals surface area contributed by atoms with Gasteiger partial charge in [0, 0.05) is 0 Å². The molecule has 0 saturated carbocycles. The third-order valence-electron chi connectivity index (χ3n) is 1.29. The van der Waals surface area contributed by atoms with Gasteiger partial charge in [-0.15, -0.1) is 0 Å². The quantitative estimate of drug-likeness (QED) is 0.357. The van der Waals surface area contributed by atoms with Gasteiger partial charge in [-0.05, 0) is 24.0 Å². The average molecular weight is 211 g/mol. The Morgan fingerprint density at radius 1 is 1.46 bits per heavy atom. The molecule has 0 spiro atoms. The van der Waals surface area contributed by atoms with Crippen LogP contribution in [0.2, 0.25) is 0 Å². The summed E-state index contributed by atoms with van der Waals surface area (Å²) in [6, 6.07) is -0.716. The third kappa shape index (κ3) is 14.3. The average Bonchev–Trinajstić information content (AvgIpc) is 2.06. The highest BCUT2D eigenvalue weighted by Crippen LogP contribution is 1.96. The molecule has 0 bridgehead atoms. The molecule has 6 N–H and O–H groups in total. The van der Waals surface area contributed by atoms with E-state index in [9.17, 15) is 4.79 Å². The molecule has 1 unspecified atom stereocenters. The van der Waals surface area contributed by atoms with E-state index >= 15 is 0 Å². The zero-order valence-electron chi connectivity index (χ0n) is 7.27. The van der Waals surface area contributed by atoms with Gasteiger partial charge in [-0.2, -0.15) is 4.89 Å². The molecule has 78 valence electrons. The highest BCUT2D eigenvalue weighted by molar-refractivity contribution is 7.16. The van der Waals surface area contributed by atoms with Crippen LogP contribution in [-0.2, 0) is 9.36 Å². The molecule has 0 radical (unpaired) electrons. The van der Waals surface area contributed by atoms with Crippen molar-refractivity contribution in [3.63, 3.8) is 0 Å². The van der Waals surface area contributed by atoms with E-state index in [4.69, 9.17) is 26.0 Å². The second kappa shape index (κ2) is 11.4. The zero-order chi connectivity index (χ0) is 10.7. The van der Waals surface area contributed by atoms with E-state index < -0.39 is 20.7 Å². The van der Waals surface area contributed by atoms with Crippen molar-refractivity contribution in [1.29, 1.82) is 0 Å². The highest BCUT2D eigenvalue weighted by atomic mass is 31.1. The van der Waals surface area contributed by atoms with E-state index in [0.717, 1.165) is 12.8 Å². The summed E-state index contributed by atoms with van der Waals surface area (Å²) < 4.78 is 8.51. The minimum absolute atomic E-state index is 0.520. The topological polar surface area (TPSA) is 127 Å². The van der Waals surface area contributed by atoms with Crippen LogP contribution in [0.15, 0.2) is 0 Å². The predicted octanol–water partition coefficient (Wildman–Crippen LogP) is -0.555. The lowest BCUT2D eigenvalue weighted by atomic mass is 10.1. The Morgan fingerprint density at radius 2 is 1.92 bits per heavy atom. The number of unbranched alkanes of at least 4 members (excludes halogenated alkanes) is 1. The van der Waals surface area contributed by atoms with Crippen molar-refractivity contribution in [2.45, 2.75) is 25.3 Å². The fourth-order valence-electron chi connectivity index (χ4n) is 0.632. The monoisotopic (exact) mass is 211 g/mol. The van der Waals surface area contributed by atoms with Crippen LogP contribution in [0.4, 0.5) is 0 Å². The van der Waals surface area contributed by atoms with Crippen LogP contribution in [0, 0.1) is 0 Å². The SMILES string of the molecule is NCCCC[C@H](N)C(=O)O.O=[PH+]O. The Bertz CT molecular complexity index is 145. The van der Waals surface area contributed by atoms with E-state index in [1.807, 2.05) is 0 Å². The summed E-state index contributed by atoms with van der Waals surface area (Å²) in [6.07, 6.45) is 2.16. The number of carboxylic acid groups (broad SMARTS) is 1. The van der Waals surface area contributed by atoms with Crippen LogP contribution >= 0.6 is 8.69 Å². The first-order valence-corrected chi connectivity index (χ1v) is 4.65. The van der Waals surface area contributed by atoms with Gasteiger partial charge in [0.2, 0.25) is 0 Å². The molecule has 0 rings (SSSR count). The molecule has 0 aromatic heterocycles. The van der Waals surface area contributed by atoms with Crippen molar-refractivity contribution in [3.8, 4) is 0 Å². The molecule has 0 heterocycles. The van der Waals surface area contributed by atoms with Gasteiger partial charge in [-0.25, -0.2) is 0 Å². The Balaban J connectivity index is 0. The van der Waals surface area contributed by atoms with Crippen LogP contribution in [0.25, 0.3) is 0 Å². The maximum atomic E-state index is 10.1. The summed E-state index contributed by atoms with van der Waals surface area (Å²) in [5.41, 5.74) is 10.4. The molecule has 0 amide bonds. The van der Waals surface area contributed by atoms with Crippen molar-refractivity contribution in [2.75, 3.05) is 6.54 Å². The molecule has 0 aliphatic carbocycles. The van der Waals surface area contributed by atoms with E-state index in [2.05, 4.69) is 0 Å². The first-order chi connectivity index (χ1) is 6.09. The molecule has 0 saturated heterocycles. The number of aliphatic carboxylic acids is 1. The zero-order valence-corrected chi connectivity index (χ0v) is 8.27. The van der Waals surface area contributed by atoms with Gasteiger partial charge < -0.3 is 16.6 Å². The molecular weight excluding hydrogens is 195 g/mol. The van der Waals surface area contributed by atoms with Gasteiger partial charge in [-0.1, -0.05) is 6.42 Å². The third-order valence-corrected chi connectivity index (χ3v) is 1.29. The molecule has 0 aromatic rings. The minimum atomic E-state index is -1.17. The van der Waals surface area contributed by atoms with Crippen LogP contribution < -0.4 is 11.5 Å². The van der Waals surface area contributed by atoms with Crippen molar-refractivity contribution in [1.82, 2.24) is 0 Å². The summed E-state index contributed by atoms with van der Waals surface area (Å²) in [7, 11) is -1.17. The Kier molecular flexibility index (Phi) is 13.2. The van der Waals surface area contributed by atoms with Crippen LogP contribution in [0.5, 0.6) is 0 Å². The van der Waals surface area contributed by atoms with E-state index in [-0.39, 0.29) is 0 Å². The highest BCUT2D eigenvalue weighted by Gasteiger charge is 2.09. The van der Waals surface area contributed by atoms with E-state index in [0.29, 0.717) is 13.0 Å². The molecule has 0 aliphatic rings. The largest absolute Gasteiger partial charge is 0.491 e. The smallest absolute Gasteiger partial charge is 0.480 e. The fourth-order valence-corrected chi connectivity index (χ4v) is 0.632. The van der Waals surface area contributed by atoms with Gasteiger partial charge in [0.1, 0.15) is 6.04 Å². The number of hydrogen-bond donors (Lipinski definition) is 4. The minimum Gasteiger partial charge on any atom is -0.480 e. The normalized spacial score (nSPS) is 11.6. The molecule has 0 aromatic carbocycles. The number of rotatable bonds is 5. The second-order valence-electron chi connectivity index (χ2n) is 2.32. The lowest BCUT2D eigenvalue weighted by Crippen LogP contribution is -2.29. The van der Waals surface area contributed by atoms with Crippen molar-refractivity contribution < 1.29 is 19.4 Å². The van der Waals surface area contributed by atoms with Crippen molar-refractivity contribution in [3.05, 3.63) is 0 Å². The Labute approximate surface area is 78.2 Å². The van der Waals surface area contributed by atoms with Gasteiger partial charge in [0.05, 0.1) is 0 Å². The molecule has 0 fully saturated rings. The van der Waals surface area contributed by atoms with Gasteiger partial charge in [0.15, 0.2) is 0 Å². The number of carbonyl (C=O) groups is 1. The maximum absolute atomic E-state index is 10.1. The summed E-state index contributed by atoms with van der Waals surface area (Å²) in [6.45, 7) is 0.604. The molecule has 13 heavy (non-hydrogen) atoms. The lowest BCUT2D eigenvalue weighted by Gasteiger charge is -2.03. The summed E-state index contributed by atoms with van der Waals surface area (Å²) in [4.78, 5) is 17.2. The van der Waals surface area contributed by atoms with Crippen molar-refractivity contribution >= 4 is 14.7 Å². The van der Waals surface area contributed by atoms with Gasteiger partial charge in [-0.3, -0.25) is 4.79 Å². The van der Waals surface area contributed by atoms with E-state index in [1.54, 1.807) is 0 Å². The summed E-state index contributed by atoms with van der Waals surface area (Å²) >= 11 is 0. The summed E-state index contributed by atoms with van der Waals surface area (Å²) in [5.74, 6) is -0.933. The summed E-state index contributed by atoms with van der Waals surface area (Å²) in [5, 5.41) is 8.33. The molecule has 6 nitrogen and oxygen atoms in total. The van der Waals surface area contributed by atoms with Crippen LogP contribution in [-0.4, -0.2) is 28.6 Å². The van der Waals surface area contributed by atoms with Crippen LogP contribution in [0.3, 0.4) is 0 Å². The number of nitrogens with two attached hydrogens (primary N) is 2. The first kappa shape index (κ1) is 14.9. The van der Waals surface area contributed by atoms with Gasteiger partial charge >= 0.3 is 14.7 Å². The Hall–Kier alpha value is -0.550. The maximum Gasteiger partial charge on any atom is 0.491 e. The van der Waals surface area contributed by atoms with Crippen molar-refractivity contribution in [2.24, 2.45) is 11.5 Å². The van der Waals surface area contributed by atoms with Crippen LogP contribution in [0.1, 0.15) is 19.3 Å². The molecule has 2 atom stereocenters. The van der Waals surface area contributed by atoms with Gasteiger partial charge in [0.25, 0.3) is 0 Å². The standard InChI is InChI=1S/C6H14N2O2.HO2P/c7-4-2-1-3-5(8)6(9)10;1-3-2/h5H,1-4,7-8H2,(H,9,10);3H/p+1/t5-;/m0./s1. The molecule has 7 heteroatoms. The molecule has 0 aliphatic heterocycles. The lowest BCUT2D eigenvalue weighted by molar-refractivity contribution is -0.138. The van der Waals surface area contributed by atoms with E-state index in [1.165, 1.54) is 0 Å². The fraction of sp³-hybridized carbons (Fsp3) is 0.833. The first-order valence-electron chi connectivity index (χ1n) is 3.79. The predicted molar refractivity (Wildman–Crippen MR) is 49.7 cm³/mol. The molecular formula is C6H16N2O4P+.